The minimum absolute atomic E-state index is 0.0752. The second-order valence-electron chi connectivity index (χ2n) is 4.35. The molecule has 1 aliphatic heterocycles. The fourth-order valence-electron chi connectivity index (χ4n) is 1.74. The molecule has 1 fully saturated rings. The minimum Gasteiger partial charge on any atom is -0.345 e. The first-order valence-corrected chi connectivity index (χ1v) is 6.08. The predicted octanol–water partition coefficient (Wildman–Crippen LogP) is 0.778. The molecule has 0 radical (unpaired) electrons. The third-order valence-electron chi connectivity index (χ3n) is 2.76. The van der Waals surface area contributed by atoms with Crippen molar-refractivity contribution in [3.63, 3.8) is 0 Å². The zero-order valence-electron chi connectivity index (χ0n) is 9.97. The van der Waals surface area contributed by atoms with E-state index in [4.69, 9.17) is 20.9 Å². The Morgan fingerprint density at radius 2 is 1.94 bits per heavy atom. The van der Waals surface area contributed by atoms with E-state index in [1.165, 1.54) is 11.1 Å². The van der Waals surface area contributed by atoms with Crippen LogP contribution in [0.15, 0.2) is 24.3 Å². The van der Waals surface area contributed by atoms with Crippen LogP contribution in [-0.2, 0) is 22.3 Å². The quantitative estimate of drug-likeness (QED) is 0.542. The van der Waals surface area contributed by atoms with Crippen molar-refractivity contribution in [3.8, 4) is 0 Å². The summed E-state index contributed by atoms with van der Waals surface area (Å²) < 4.78 is 10.4. The molecule has 1 aromatic rings. The molecule has 4 nitrogen and oxygen atoms in total. The summed E-state index contributed by atoms with van der Waals surface area (Å²) >= 11 is 0. The van der Waals surface area contributed by atoms with Gasteiger partial charge in [-0.2, -0.15) is 0 Å². The van der Waals surface area contributed by atoms with E-state index in [9.17, 15) is 0 Å². The molecule has 2 unspecified atom stereocenters. The molecule has 0 spiro atoms. The molecule has 1 aromatic carbocycles. The molecule has 0 amide bonds. The van der Waals surface area contributed by atoms with E-state index in [2.05, 4.69) is 24.3 Å². The lowest BCUT2D eigenvalue weighted by Crippen LogP contribution is -2.27. The van der Waals surface area contributed by atoms with Gasteiger partial charge in [0.1, 0.15) is 12.8 Å². The molecule has 0 bridgehead atoms. The van der Waals surface area contributed by atoms with Gasteiger partial charge >= 0.3 is 0 Å². The van der Waals surface area contributed by atoms with Crippen LogP contribution in [-0.4, -0.2) is 25.7 Å². The molecule has 0 saturated carbocycles. The van der Waals surface area contributed by atoms with E-state index < -0.39 is 0 Å². The zero-order valence-corrected chi connectivity index (χ0v) is 9.97. The molecule has 1 saturated heterocycles. The molecule has 1 aliphatic rings. The van der Waals surface area contributed by atoms with Gasteiger partial charge in [-0.1, -0.05) is 24.3 Å². The van der Waals surface area contributed by atoms with Crippen molar-refractivity contribution in [2.24, 2.45) is 11.5 Å². The smallest absolute Gasteiger partial charge is 0.183 e. The van der Waals surface area contributed by atoms with Crippen LogP contribution in [0.25, 0.3) is 0 Å². The molecule has 17 heavy (non-hydrogen) atoms. The number of nitrogens with two attached hydrogens (primary N) is 2. The van der Waals surface area contributed by atoms with Gasteiger partial charge < -0.3 is 20.9 Å². The van der Waals surface area contributed by atoms with Gasteiger partial charge in [-0.3, -0.25) is 0 Å². The molecular formula is C13H20N2O2. The Kier molecular flexibility index (Phi) is 4.50. The van der Waals surface area contributed by atoms with E-state index in [1.807, 2.05) is 0 Å². The predicted molar refractivity (Wildman–Crippen MR) is 66.3 cm³/mol. The van der Waals surface area contributed by atoms with Crippen molar-refractivity contribution >= 4 is 0 Å². The highest BCUT2D eigenvalue weighted by Crippen LogP contribution is 2.14. The lowest BCUT2D eigenvalue weighted by Gasteiger charge is -2.11. The first-order chi connectivity index (χ1) is 8.28. The maximum absolute atomic E-state index is 5.85. The van der Waals surface area contributed by atoms with Crippen LogP contribution in [0.5, 0.6) is 0 Å². The van der Waals surface area contributed by atoms with E-state index >= 15 is 0 Å². The third kappa shape index (κ3) is 4.44. The molecule has 2 rings (SSSR count). The zero-order chi connectivity index (χ0) is 12.1. The summed E-state index contributed by atoms with van der Waals surface area (Å²) in [6.45, 7) is 1.41. The Labute approximate surface area is 102 Å². The fraction of sp³-hybridized carbons (Fsp3) is 0.538. The Balaban J connectivity index is 1.79. The Bertz CT molecular complexity index is 336. The lowest BCUT2D eigenvalue weighted by atomic mass is 10.1. The molecular weight excluding hydrogens is 216 g/mol. The second-order valence-corrected chi connectivity index (χ2v) is 4.35. The standard InChI is InChI=1S/C13H20N2O2/c14-7-1-2-10-3-5-11(6-4-10)8-12(15)17-13-9-16-13/h3-6,12-13H,1-2,7-9,14-15H2. The first kappa shape index (κ1) is 12.5. The van der Waals surface area contributed by atoms with Crippen LogP contribution in [0.1, 0.15) is 17.5 Å². The number of hydrogen-bond acceptors (Lipinski definition) is 4. The maximum atomic E-state index is 5.85. The van der Waals surface area contributed by atoms with Gasteiger partial charge in [0.15, 0.2) is 6.29 Å². The van der Waals surface area contributed by atoms with Gasteiger partial charge in [-0.05, 0) is 30.5 Å². The molecule has 2 atom stereocenters. The summed E-state index contributed by atoms with van der Waals surface area (Å²) in [4.78, 5) is 0. The van der Waals surface area contributed by atoms with Gasteiger partial charge in [-0.15, -0.1) is 0 Å². The average Bonchev–Trinajstić information content (AvgIpc) is 3.12. The van der Waals surface area contributed by atoms with Gasteiger partial charge in [0.2, 0.25) is 0 Å². The number of benzene rings is 1. The Hall–Kier alpha value is -0.940. The number of rotatable bonds is 7. The van der Waals surface area contributed by atoms with Gasteiger partial charge in [0.05, 0.1) is 0 Å². The molecule has 94 valence electrons. The minimum atomic E-state index is -0.280. The van der Waals surface area contributed by atoms with E-state index in [-0.39, 0.29) is 12.5 Å². The van der Waals surface area contributed by atoms with Crippen LogP contribution in [0.4, 0.5) is 0 Å². The summed E-state index contributed by atoms with van der Waals surface area (Å²) in [6.07, 6.45) is 2.43. The second kappa shape index (κ2) is 6.12. The molecule has 0 aromatic heterocycles. The number of hydrogen-bond donors (Lipinski definition) is 2. The van der Waals surface area contributed by atoms with Crippen molar-refractivity contribution in [3.05, 3.63) is 35.4 Å². The van der Waals surface area contributed by atoms with Crippen LogP contribution >= 0.6 is 0 Å². The van der Waals surface area contributed by atoms with Crippen LogP contribution < -0.4 is 11.5 Å². The third-order valence-corrected chi connectivity index (χ3v) is 2.76. The van der Waals surface area contributed by atoms with E-state index in [0.29, 0.717) is 6.61 Å². The van der Waals surface area contributed by atoms with Gasteiger partial charge in [0, 0.05) is 6.42 Å². The van der Waals surface area contributed by atoms with Crippen molar-refractivity contribution in [1.29, 1.82) is 0 Å². The highest BCUT2D eigenvalue weighted by Gasteiger charge is 2.25. The van der Waals surface area contributed by atoms with E-state index in [0.717, 1.165) is 25.8 Å². The molecule has 1 heterocycles. The SMILES string of the molecule is NCCCc1ccc(CC(N)OC2CO2)cc1. The fourth-order valence-corrected chi connectivity index (χ4v) is 1.74. The Morgan fingerprint density at radius 3 is 2.53 bits per heavy atom. The van der Waals surface area contributed by atoms with E-state index in [1.54, 1.807) is 0 Å². The average molecular weight is 236 g/mol. The van der Waals surface area contributed by atoms with Crippen LogP contribution in [0.2, 0.25) is 0 Å². The Morgan fingerprint density at radius 1 is 1.29 bits per heavy atom. The lowest BCUT2D eigenvalue weighted by molar-refractivity contribution is -0.00716. The summed E-state index contributed by atoms with van der Waals surface area (Å²) in [5.41, 5.74) is 13.8. The topological polar surface area (TPSA) is 73.8 Å². The highest BCUT2D eigenvalue weighted by atomic mass is 16.8. The molecule has 4 N–H and O–H groups in total. The van der Waals surface area contributed by atoms with Crippen LogP contribution in [0, 0.1) is 0 Å². The van der Waals surface area contributed by atoms with Crippen LogP contribution in [0.3, 0.4) is 0 Å². The largest absolute Gasteiger partial charge is 0.345 e. The summed E-state index contributed by atoms with van der Waals surface area (Å²) in [7, 11) is 0. The number of ether oxygens (including phenoxy) is 2. The maximum Gasteiger partial charge on any atom is 0.183 e. The summed E-state index contributed by atoms with van der Waals surface area (Å²) in [5.74, 6) is 0. The number of aryl methyl sites for hydroxylation is 1. The first-order valence-electron chi connectivity index (χ1n) is 6.08. The molecule has 4 heteroatoms. The monoisotopic (exact) mass is 236 g/mol. The molecule has 0 aliphatic carbocycles. The van der Waals surface area contributed by atoms with Crippen molar-refractivity contribution in [1.82, 2.24) is 0 Å². The summed E-state index contributed by atoms with van der Waals surface area (Å²) in [5, 5.41) is 0. The van der Waals surface area contributed by atoms with Gasteiger partial charge in [-0.25, -0.2) is 0 Å². The normalized spacial score (nSPS) is 20.2. The van der Waals surface area contributed by atoms with Crippen molar-refractivity contribution in [2.75, 3.05) is 13.2 Å². The highest BCUT2D eigenvalue weighted by molar-refractivity contribution is 5.23. The van der Waals surface area contributed by atoms with Crippen molar-refractivity contribution < 1.29 is 9.47 Å². The number of epoxide rings is 1. The summed E-state index contributed by atoms with van der Waals surface area (Å²) in [6, 6.07) is 8.46. The van der Waals surface area contributed by atoms with Gasteiger partial charge in [0.25, 0.3) is 0 Å². The van der Waals surface area contributed by atoms with Crippen molar-refractivity contribution in [2.45, 2.75) is 31.8 Å².